The molecule has 0 fully saturated rings. The number of rotatable bonds is 2. The van der Waals surface area contributed by atoms with E-state index >= 15 is 0 Å². The molecule has 14 heavy (non-hydrogen) atoms. The standard InChI is InChI=1S/C12H17NS/c1-9-3-4-11-10(8-13-2)5-6-14-12(11)7-9/h3-4,7,10,13H,5-6,8H2,1-2H3. The van der Waals surface area contributed by atoms with Crippen LogP contribution in [0.5, 0.6) is 0 Å². The summed E-state index contributed by atoms with van der Waals surface area (Å²) in [6.07, 6.45) is 1.31. The molecule has 0 aromatic heterocycles. The van der Waals surface area contributed by atoms with Gasteiger partial charge in [-0.05, 0) is 43.7 Å². The molecule has 0 saturated carbocycles. The monoisotopic (exact) mass is 207 g/mol. The summed E-state index contributed by atoms with van der Waals surface area (Å²) >= 11 is 2.00. The van der Waals surface area contributed by atoms with Crippen LogP contribution in [0.4, 0.5) is 0 Å². The normalized spacial score (nSPS) is 20.6. The molecule has 0 spiro atoms. The number of aryl methyl sites for hydroxylation is 1. The highest BCUT2D eigenvalue weighted by Crippen LogP contribution is 2.37. The molecule has 2 heteroatoms. The van der Waals surface area contributed by atoms with Crippen molar-refractivity contribution in [2.75, 3.05) is 19.3 Å². The van der Waals surface area contributed by atoms with Crippen LogP contribution in [-0.2, 0) is 0 Å². The van der Waals surface area contributed by atoms with Crippen molar-refractivity contribution in [3.63, 3.8) is 0 Å². The molecule has 2 rings (SSSR count). The first-order valence-electron chi connectivity index (χ1n) is 5.19. The van der Waals surface area contributed by atoms with Crippen molar-refractivity contribution in [3.05, 3.63) is 29.3 Å². The van der Waals surface area contributed by atoms with Crippen molar-refractivity contribution in [3.8, 4) is 0 Å². The number of benzene rings is 1. The second-order valence-corrected chi connectivity index (χ2v) is 5.07. The Morgan fingerprint density at radius 2 is 2.36 bits per heavy atom. The second kappa shape index (κ2) is 4.37. The Kier molecular flexibility index (Phi) is 3.14. The molecule has 1 N–H and O–H groups in total. The van der Waals surface area contributed by atoms with Gasteiger partial charge in [-0.25, -0.2) is 0 Å². The van der Waals surface area contributed by atoms with Crippen LogP contribution in [0.3, 0.4) is 0 Å². The Morgan fingerprint density at radius 3 is 3.14 bits per heavy atom. The number of likely N-dealkylation sites (N-methyl/N-ethyl adjacent to an activating group) is 1. The van der Waals surface area contributed by atoms with Gasteiger partial charge < -0.3 is 5.32 Å². The van der Waals surface area contributed by atoms with Gasteiger partial charge in [-0.2, -0.15) is 0 Å². The molecule has 0 bridgehead atoms. The van der Waals surface area contributed by atoms with Gasteiger partial charge in [0.05, 0.1) is 0 Å². The van der Waals surface area contributed by atoms with E-state index in [2.05, 4.69) is 30.4 Å². The van der Waals surface area contributed by atoms with Gasteiger partial charge in [0.25, 0.3) is 0 Å². The predicted molar refractivity (Wildman–Crippen MR) is 63.2 cm³/mol. The van der Waals surface area contributed by atoms with Crippen LogP contribution in [0.15, 0.2) is 23.1 Å². The predicted octanol–water partition coefficient (Wildman–Crippen LogP) is 2.79. The first-order valence-corrected chi connectivity index (χ1v) is 6.18. The lowest BCUT2D eigenvalue weighted by Gasteiger charge is -2.25. The number of thioether (sulfide) groups is 1. The zero-order valence-electron chi connectivity index (χ0n) is 8.84. The Labute approximate surface area is 90.3 Å². The molecule has 0 aliphatic carbocycles. The highest BCUT2D eigenvalue weighted by atomic mass is 32.2. The third-order valence-electron chi connectivity index (χ3n) is 2.78. The van der Waals surface area contributed by atoms with E-state index in [1.54, 1.807) is 5.56 Å². The third kappa shape index (κ3) is 1.96. The van der Waals surface area contributed by atoms with Crippen LogP contribution in [0.25, 0.3) is 0 Å². The molecule has 1 nitrogen and oxygen atoms in total. The van der Waals surface area contributed by atoms with Crippen LogP contribution in [0.1, 0.15) is 23.5 Å². The minimum atomic E-state index is 0.719. The van der Waals surface area contributed by atoms with Crippen LogP contribution in [0.2, 0.25) is 0 Å². The first-order chi connectivity index (χ1) is 6.81. The molecule has 1 aromatic carbocycles. The smallest absolute Gasteiger partial charge is 0.0110 e. The SMILES string of the molecule is CNCC1CCSc2cc(C)ccc21. The number of hydrogen-bond acceptors (Lipinski definition) is 2. The maximum Gasteiger partial charge on any atom is 0.0110 e. The number of nitrogens with one attached hydrogen (secondary N) is 1. The van der Waals surface area contributed by atoms with Gasteiger partial charge in [0, 0.05) is 11.4 Å². The lowest BCUT2D eigenvalue weighted by Crippen LogP contribution is -2.20. The Morgan fingerprint density at radius 1 is 1.50 bits per heavy atom. The molecular formula is C12H17NS. The van der Waals surface area contributed by atoms with Crippen molar-refractivity contribution in [1.82, 2.24) is 5.32 Å². The summed E-state index contributed by atoms with van der Waals surface area (Å²) in [4.78, 5) is 1.50. The average molecular weight is 207 g/mol. The minimum absolute atomic E-state index is 0.719. The van der Waals surface area contributed by atoms with E-state index < -0.39 is 0 Å². The van der Waals surface area contributed by atoms with Crippen molar-refractivity contribution < 1.29 is 0 Å². The summed E-state index contributed by atoms with van der Waals surface area (Å²) in [5.74, 6) is 1.99. The first kappa shape index (κ1) is 10.1. The summed E-state index contributed by atoms with van der Waals surface area (Å²) in [7, 11) is 2.04. The zero-order valence-corrected chi connectivity index (χ0v) is 9.66. The molecular weight excluding hydrogens is 190 g/mol. The van der Waals surface area contributed by atoms with Gasteiger partial charge in [0.15, 0.2) is 0 Å². The molecule has 1 atom stereocenters. The van der Waals surface area contributed by atoms with E-state index in [0.717, 1.165) is 12.5 Å². The fraction of sp³-hybridized carbons (Fsp3) is 0.500. The topological polar surface area (TPSA) is 12.0 Å². The van der Waals surface area contributed by atoms with Gasteiger partial charge in [-0.1, -0.05) is 17.7 Å². The quantitative estimate of drug-likeness (QED) is 0.800. The molecule has 0 saturated heterocycles. The third-order valence-corrected chi connectivity index (χ3v) is 3.89. The highest BCUT2D eigenvalue weighted by Gasteiger charge is 2.19. The maximum atomic E-state index is 3.28. The van der Waals surface area contributed by atoms with Crippen molar-refractivity contribution >= 4 is 11.8 Å². The number of hydrogen-bond donors (Lipinski definition) is 1. The van der Waals surface area contributed by atoms with Crippen molar-refractivity contribution in [1.29, 1.82) is 0 Å². The molecule has 0 radical (unpaired) electrons. The maximum absolute atomic E-state index is 3.28. The molecule has 1 aliphatic heterocycles. The van der Waals surface area contributed by atoms with Crippen LogP contribution < -0.4 is 5.32 Å². The lowest BCUT2D eigenvalue weighted by atomic mass is 9.95. The molecule has 0 amide bonds. The van der Waals surface area contributed by atoms with Crippen LogP contribution in [0, 0.1) is 6.92 Å². The zero-order chi connectivity index (χ0) is 9.97. The van der Waals surface area contributed by atoms with Gasteiger partial charge in [0.2, 0.25) is 0 Å². The Balaban J connectivity index is 2.30. The molecule has 1 aromatic rings. The van der Waals surface area contributed by atoms with E-state index in [9.17, 15) is 0 Å². The largest absolute Gasteiger partial charge is 0.319 e. The summed E-state index contributed by atoms with van der Waals surface area (Å²) < 4.78 is 0. The Hall–Kier alpha value is -0.470. The minimum Gasteiger partial charge on any atom is -0.319 e. The van der Waals surface area contributed by atoms with Gasteiger partial charge in [0.1, 0.15) is 0 Å². The molecule has 1 unspecified atom stereocenters. The van der Waals surface area contributed by atoms with Crippen LogP contribution in [-0.4, -0.2) is 19.3 Å². The summed E-state index contributed by atoms with van der Waals surface area (Å²) in [5.41, 5.74) is 2.92. The molecule has 1 heterocycles. The molecule has 76 valence electrons. The van der Waals surface area contributed by atoms with Gasteiger partial charge in [-0.15, -0.1) is 11.8 Å². The fourth-order valence-corrected chi connectivity index (χ4v) is 3.32. The Bertz CT molecular complexity index is 322. The fourth-order valence-electron chi connectivity index (χ4n) is 2.03. The molecule has 1 aliphatic rings. The summed E-state index contributed by atoms with van der Waals surface area (Å²) in [6.45, 7) is 3.28. The summed E-state index contributed by atoms with van der Waals surface area (Å²) in [5, 5.41) is 3.28. The highest BCUT2D eigenvalue weighted by molar-refractivity contribution is 7.99. The van der Waals surface area contributed by atoms with E-state index in [1.165, 1.54) is 22.6 Å². The number of fused-ring (bicyclic) bond motifs is 1. The average Bonchev–Trinajstić information content (AvgIpc) is 2.18. The lowest BCUT2D eigenvalue weighted by molar-refractivity contribution is 0.600. The van der Waals surface area contributed by atoms with Crippen molar-refractivity contribution in [2.45, 2.75) is 24.2 Å². The van der Waals surface area contributed by atoms with Crippen LogP contribution >= 0.6 is 11.8 Å². The van der Waals surface area contributed by atoms with E-state index in [4.69, 9.17) is 0 Å². The van der Waals surface area contributed by atoms with Gasteiger partial charge in [-0.3, -0.25) is 0 Å². The van der Waals surface area contributed by atoms with E-state index in [0.29, 0.717) is 0 Å². The second-order valence-electron chi connectivity index (χ2n) is 3.93. The van der Waals surface area contributed by atoms with Crippen molar-refractivity contribution in [2.24, 2.45) is 0 Å². The van der Waals surface area contributed by atoms with E-state index in [-0.39, 0.29) is 0 Å². The van der Waals surface area contributed by atoms with E-state index in [1.807, 2.05) is 18.8 Å². The summed E-state index contributed by atoms with van der Waals surface area (Å²) in [6, 6.07) is 6.86. The van der Waals surface area contributed by atoms with Gasteiger partial charge >= 0.3 is 0 Å².